The monoisotopic (exact) mass is 541 g/mol. The number of hydrogen-bond acceptors (Lipinski definition) is 5. The fraction of sp³-hybridized carbons (Fsp3) is 0.448. The zero-order valence-corrected chi connectivity index (χ0v) is 23.1. The summed E-state index contributed by atoms with van der Waals surface area (Å²) in [6.45, 7) is 7.61. The second-order valence-electron chi connectivity index (χ2n) is 11.1. The van der Waals surface area contributed by atoms with Crippen LogP contribution in [0.15, 0.2) is 66.0 Å². The van der Waals surface area contributed by atoms with Crippen LogP contribution < -0.4 is 0 Å². The SMILES string of the molecule is CC(C)(C)CC(=O)N(Cc1cnc(S(=O)(=O)Cc2ccccc2F)n1Cc1ccccc1)C[C@H]1CCCO1. The van der Waals surface area contributed by atoms with E-state index < -0.39 is 21.4 Å². The van der Waals surface area contributed by atoms with Crippen molar-refractivity contribution in [3.63, 3.8) is 0 Å². The van der Waals surface area contributed by atoms with Gasteiger partial charge in [0.15, 0.2) is 0 Å². The summed E-state index contributed by atoms with van der Waals surface area (Å²) in [6, 6.07) is 15.3. The van der Waals surface area contributed by atoms with Crippen molar-refractivity contribution in [3.8, 4) is 0 Å². The lowest BCUT2D eigenvalue weighted by atomic mass is 9.91. The van der Waals surface area contributed by atoms with E-state index in [9.17, 15) is 17.6 Å². The molecule has 7 nitrogen and oxygen atoms in total. The minimum atomic E-state index is -3.99. The Morgan fingerprint density at radius 3 is 2.50 bits per heavy atom. The molecule has 0 unspecified atom stereocenters. The van der Waals surface area contributed by atoms with Crippen LogP contribution in [0, 0.1) is 11.2 Å². The van der Waals surface area contributed by atoms with E-state index in [-0.39, 0.29) is 41.2 Å². The van der Waals surface area contributed by atoms with Crippen LogP contribution in [-0.2, 0) is 38.2 Å². The number of benzene rings is 2. The minimum absolute atomic E-state index is 0.0174. The highest BCUT2D eigenvalue weighted by Crippen LogP contribution is 2.25. The maximum atomic E-state index is 14.3. The van der Waals surface area contributed by atoms with Crippen molar-refractivity contribution in [1.29, 1.82) is 0 Å². The number of sulfone groups is 1. The van der Waals surface area contributed by atoms with E-state index >= 15 is 0 Å². The predicted molar refractivity (Wildman–Crippen MR) is 144 cm³/mol. The number of nitrogens with zero attached hydrogens (tertiary/aromatic N) is 3. The van der Waals surface area contributed by atoms with Gasteiger partial charge >= 0.3 is 0 Å². The van der Waals surface area contributed by atoms with E-state index in [0.717, 1.165) is 18.4 Å². The van der Waals surface area contributed by atoms with E-state index in [2.05, 4.69) is 4.98 Å². The molecular weight excluding hydrogens is 505 g/mol. The van der Waals surface area contributed by atoms with Crippen molar-refractivity contribution in [2.45, 2.75) is 70.1 Å². The van der Waals surface area contributed by atoms with Crippen LogP contribution in [0.4, 0.5) is 4.39 Å². The van der Waals surface area contributed by atoms with Gasteiger partial charge in [-0.3, -0.25) is 4.79 Å². The number of carbonyl (C=O) groups is 1. The Morgan fingerprint density at radius 1 is 1.13 bits per heavy atom. The largest absolute Gasteiger partial charge is 0.376 e. The molecule has 1 aromatic heterocycles. The molecule has 0 radical (unpaired) electrons. The third kappa shape index (κ3) is 7.29. The molecule has 2 heterocycles. The Morgan fingerprint density at radius 2 is 1.84 bits per heavy atom. The predicted octanol–water partition coefficient (Wildman–Crippen LogP) is 4.99. The lowest BCUT2D eigenvalue weighted by Crippen LogP contribution is -2.39. The first kappa shape index (κ1) is 28.0. The normalized spacial score (nSPS) is 16.1. The summed E-state index contributed by atoms with van der Waals surface area (Å²) in [5.41, 5.74) is 1.37. The van der Waals surface area contributed by atoms with Gasteiger partial charge in [-0.05, 0) is 29.9 Å². The highest BCUT2D eigenvalue weighted by Gasteiger charge is 2.29. The number of halogens is 1. The lowest BCUT2D eigenvalue weighted by Gasteiger charge is -2.29. The maximum Gasteiger partial charge on any atom is 0.228 e. The summed E-state index contributed by atoms with van der Waals surface area (Å²) >= 11 is 0. The van der Waals surface area contributed by atoms with E-state index in [1.165, 1.54) is 24.4 Å². The van der Waals surface area contributed by atoms with Gasteiger partial charge in [-0.15, -0.1) is 0 Å². The molecule has 0 bridgehead atoms. The van der Waals surface area contributed by atoms with Crippen molar-refractivity contribution in [2.75, 3.05) is 13.2 Å². The van der Waals surface area contributed by atoms with Gasteiger partial charge in [-0.1, -0.05) is 69.3 Å². The Kier molecular flexibility index (Phi) is 8.67. The van der Waals surface area contributed by atoms with E-state index in [1.54, 1.807) is 15.5 Å². The van der Waals surface area contributed by atoms with Gasteiger partial charge in [0, 0.05) is 25.1 Å². The van der Waals surface area contributed by atoms with Gasteiger partial charge in [-0.25, -0.2) is 17.8 Å². The molecule has 1 fully saturated rings. The molecule has 0 aliphatic carbocycles. The second-order valence-corrected chi connectivity index (χ2v) is 13.0. The summed E-state index contributed by atoms with van der Waals surface area (Å²) in [7, 11) is -3.99. The van der Waals surface area contributed by atoms with Gasteiger partial charge in [0.25, 0.3) is 0 Å². The van der Waals surface area contributed by atoms with Crippen LogP contribution in [-0.4, -0.2) is 48.0 Å². The molecule has 4 rings (SSSR count). The molecule has 1 atom stereocenters. The lowest BCUT2D eigenvalue weighted by molar-refractivity contribution is -0.135. The molecule has 1 amide bonds. The molecular formula is C29H36FN3O4S. The third-order valence-electron chi connectivity index (χ3n) is 6.50. The molecule has 1 saturated heterocycles. The van der Waals surface area contributed by atoms with Crippen LogP contribution in [0.5, 0.6) is 0 Å². The standard InChI is InChI=1S/C29H36FN3O4S/c1-29(2,3)16-27(34)32(20-25-13-9-15-37-25)19-24-17-31-28(33(24)18-22-10-5-4-6-11-22)38(35,36)21-23-12-7-8-14-26(23)30/h4-8,10-12,14,17,25H,9,13,15-16,18-21H2,1-3H3/t25-/m1/s1. The molecule has 38 heavy (non-hydrogen) atoms. The Hall–Kier alpha value is -3.04. The molecule has 0 spiro atoms. The maximum absolute atomic E-state index is 14.3. The Bertz CT molecular complexity index is 1340. The summed E-state index contributed by atoms with van der Waals surface area (Å²) < 4.78 is 48.8. The average Bonchev–Trinajstić information content (AvgIpc) is 3.50. The summed E-state index contributed by atoms with van der Waals surface area (Å²) in [5.74, 6) is -1.10. The molecule has 1 aliphatic rings. The first-order valence-corrected chi connectivity index (χ1v) is 14.6. The van der Waals surface area contributed by atoms with Gasteiger partial charge in [0.05, 0.1) is 36.8 Å². The number of hydrogen-bond donors (Lipinski definition) is 0. The fourth-order valence-electron chi connectivity index (χ4n) is 4.64. The van der Waals surface area contributed by atoms with Crippen molar-refractivity contribution >= 4 is 15.7 Å². The smallest absolute Gasteiger partial charge is 0.228 e. The quantitative estimate of drug-likeness (QED) is 0.361. The zero-order valence-electron chi connectivity index (χ0n) is 22.3. The van der Waals surface area contributed by atoms with Crippen LogP contribution in [0.1, 0.15) is 56.9 Å². The van der Waals surface area contributed by atoms with Gasteiger partial charge in [0.1, 0.15) is 5.82 Å². The summed E-state index contributed by atoms with van der Waals surface area (Å²) in [5, 5.41) is -0.139. The van der Waals surface area contributed by atoms with Gasteiger partial charge in [0.2, 0.25) is 20.9 Å². The summed E-state index contributed by atoms with van der Waals surface area (Å²) in [4.78, 5) is 19.5. The number of aromatic nitrogens is 2. The molecule has 1 aliphatic heterocycles. The molecule has 0 saturated carbocycles. The van der Waals surface area contributed by atoms with Crippen molar-refractivity contribution in [2.24, 2.45) is 5.41 Å². The van der Waals surface area contributed by atoms with E-state index in [1.807, 2.05) is 51.1 Å². The number of imidazole rings is 1. The van der Waals surface area contributed by atoms with Crippen LogP contribution >= 0.6 is 0 Å². The van der Waals surface area contributed by atoms with Gasteiger partial charge < -0.3 is 14.2 Å². The van der Waals surface area contributed by atoms with Crippen molar-refractivity contribution in [3.05, 3.63) is 83.4 Å². The number of amides is 1. The molecule has 0 N–H and O–H groups in total. The average molecular weight is 542 g/mol. The van der Waals surface area contributed by atoms with Crippen LogP contribution in [0.25, 0.3) is 0 Å². The van der Waals surface area contributed by atoms with Gasteiger partial charge in [-0.2, -0.15) is 0 Å². The first-order chi connectivity index (χ1) is 18.0. The third-order valence-corrected chi connectivity index (χ3v) is 8.07. The van der Waals surface area contributed by atoms with Crippen LogP contribution in [0.2, 0.25) is 0 Å². The molecule has 3 aromatic rings. The molecule has 9 heteroatoms. The molecule has 204 valence electrons. The topological polar surface area (TPSA) is 81.5 Å². The Balaban J connectivity index is 1.69. The number of carbonyl (C=O) groups excluding carboxylic acids is 1. The zero-order chi connectivity index (χ0) is 27.3. The van der Waals surface area contributed by atoms with Crippen LogP contribution in [0.3, 0.4) is 0 Å². The minimum Gasteiger partial charge on any atom is -0.376 e. The highest BCUT2D eigenvalue weighted by molar-refractivity contribution is 7.90. The van der Waals surface area contributed by atoms with E-state index in [0.29, 0.717) is 25.3 Å². The number of ether oxygens (including phenoxy) is 1. The fourth-order valence-corrected chi connectivity index (χ4v) is 6.14. The van der Waals surface area contributed by atoms with Crippen molar-refractivity contribution < 1.29 is 22.3 Å². The Labute approximate surface area is 224 Å². The highest BCUT2D eigenvalue weighted by atomic mass is 32.2. The van der Waals surface area contributed by atoms with Crippen molar-refractivity contribution in [1.82, 2.24) is 14.5 Å². The molecule has 2 aromatic carbocycles. The first-order valence-electron chi connectivity index (χ1n) is 13.0. The summed E-state index contributed by atoms with van der Waals surface area (Å²) in [6.07, 6.45) is 3.66. The number of rotatable bonds is 10. The second kappa shape index (κ2) is 11.8. The van der Waals surface area contributed by atoms with E-state index in [4.69, 9.17) is 4.74 Å².